The van der Waals surface area contributed by atoms with Crippen LogP contribution in [0.3, 0.4) is 0 Å². The van der Waals surface area contributed by atoms with Crippen LogP contribution in [-0.4, -0.2) is 31.3 Å². The smallest absolute Gasteiger partial charge is 0.136 e. The van der Waals surface area contributed by atoms with Crippen LogP contribution in [0.5, 0.6) is 5.75 Å². The van der Waals surface area contributed by atoms with E-state index in [1.165, 1.54) is 0 Å². The summed E-state index contributed by atoms with van der Waals surface area (Å²) in [4.78, 5) is 2.24. The molecule has 2 N–H and O–H groups in total. The third-order valence-corrected chi connectivity index (χ3v) is 3.99. The van der Waals surface area contributed by atoms with Gasteiger partial charge in [-0.1, -0.05) is 41.9 Å². The number of nitrogens with zero attached hydrogens (tertiary/aromatic N) is 1. The third-order valence-electron chi connectivity index (χ3n) is 3.61. The lowest BCUT2D eigenvalue weighted by Crippen LogP contribution is -2.43. The maximum atomic E-state index is 9.93. The van der Waals surface area contributed by atoms with Gasteiger partial charge in [0.05, 0.1) is 5.69 Å². The van der Waals surface area contributed by atoms with Gasteiger partial charge in [-0.25, -0.2) is 0 Å². The summed E-state index contributed by atoms with van der Waals surface area (Å²) in [6, 6.07) is 13.7. The number of benzene rings is 2. The van der Waals surface area contributed by atoms with Crippen LogP contribution in [0.1, 0.15) is 0 Å². The van der Waals surface area contributed by atoms with Crippen LogP contribution in [0.2, 0.25) is 5.02 Å². The highest BCUT2D eigenvalue weighted by molar-refractivity contribution is 6.35. The van der Waals surface area contributed by atoms with E-state index in [2.05, 4.69) is 22.3 Å². The zero-order chi connectivity index (χ0) is 13.9. The van der Waals surface area contributed by atoms with E-state index in [0.717, 1.165) is 43.0 Å². The van der Waals surface area contributed by atoms with Gasteiger partial charge in [0.1, 0.15) is 10.8 Å². The van der Waals surface area contributed by atoms with Gasteiger partial charge in [0, 0.05) is 31.7 Å². The number of piperazine rings is 1. The highest BCUT2D eigenvalue weighted by Crippen LogP contribution is 2.41. The molecule has 2 aromatic rings. The summed E-state index contributed by atoms with van der Waals surface area (Å²) in [5.41, 5.74) is 3.11. The van der Waals surface area contributed by atoms with Gasteiger partial charge >= 0.3 is 0 Å². The van der Waals surface area contributed by atoms with Crippen LogP contribution in [0.4, 0.5) is 5.69 Å². The van der Waals surface area contributed by atoms with E-state index in [1.807, 2.05) is 24.3 Å². The van der Waals surface area contributed by atoms with Crippen molar-refractivity contribution in [2.24, 2.45) is 0 Å². The fourth-order valence-corrected chi connectivity index (χ4v) is 2.89. The van der Waals surface area contributed by atoms with Gasteiger partial charge in [0.2, 0.25) is 0 Å². The zero-order valence-electron chi connectivity index (χ0n) is 11.1. The Kier molecular flexibility index (Phi) is 3.81. The molecule has 1 fully saturated rings. The number of phenols is 1. The minimum absolute atomic E-state index is 0.139. The number of anilines is 1. The van der Waals surface area contributed by atoms with Crippen molar-refractivity contribution >= 4 is 17.3 Å². The molecule has 0 radical (unpaired) electrons. The summed E-state index contributed by atoms with van der Waals surface area (Å²) in [5.74, 6) is 0.139. The van der Waals surface area contributed by atoms with Crippen molar-refractivity contribution in [1.82, 2.24) is 5.32 Å². The van der Waals surface area contributed by atoms with Gasteiger partial charge in [0.15, 0.2) is 0 Å². The first-order chi connectivity index (χ1) is 9.77. The Labute approximate surface area is 123 Å². The molecule has 4 heteroatoms. The van der Waals surface area contributed by atoms with Gasteiger partial charge < -0.3 is 15.3 Å². The van der Waals surface area contributed by atoms with E-state index < -0.39 is 0 Å². The summed E-state index contributed by atoms with van der Waals surface area (Å²) >= 11 is 6.37. The fraction of sp³-hybridized carbons (Fsp3) is 0.250. The molecule has 1 aliphatic rings. The molecule has 0 saturated carbocycles. The maximum Gasteiger partial charge on any atom is 0.136 e. The maximum absolute atomic E-state index is 9.93. The monoisotopic (exact) mass is 288 g/mol. The predicted molar refractivity (Wildman–Crippen MR) is 83.6 cm³/mol. The first kappa shape index (κ1) is 13.3. The highest BCUT2D eigenvalue weighted by atomic mass is 35.5. The number of hydrogen-bond acceptors (Lipinski definition) is 3. The summed E-state index contributed by atoms with van der Waals surface area (Å²) in [7, 11) is 0. The van der Waals surface area contributed by atoms with Crippen LogP contribution in [0, 0.1) is 0 Å². The molecule has 0 spiro atoms. The molecule has 104 valence electrons. The SMILES string of the molecule is Oc1ccc(-c2ccccc2)c(N2CCNCC2)c1Cl. The molecule has 1 heterocycles. The topological polar surface area (TPSA) is 35.5 Å². The van der Waals surface area contributed by atoms with Crippen molar-refractivity contribution in [1.29, 1.82) is 0 Å². The standard InChI is InChI=1S/C16H17ClN2O/c17-15-14(20)7-6-13(12-4-2-1-3-5-12)16(15)19-10-8-18-9-11-19/h1-7,18,20H,8-11H2. The molecule has 1 aliphatic heterocycles. The van der Waals surface area contributed by atoms with Gasteiger partial charge in [-0.15, -0.1) is 0 Å². The minimum atomic E-state index is 0.139. The second-order valence-corrected chi connectivity index (χ2v) is 5.28. The Morgan fingerprint density at radius 3 is 2.40 bits per heavy atom. The number of nitrogens with one attached hydrogen (secondary N) is 1. The van der Waals surface area contributed by atoms with Gasteiger partial charge in [-0.05, 0) is 17.7 Å². The zero-order valence-corrected chi connectivity index (χ0v) is 11.9. The molecule has 0 bridgehead atoms. The predicted octanol–water partition coefficient (Wildman–Crippen LogP) is 3.12. The van der Waals surface area contributed by atoms with Crippen LogP contribution >= 0.6 is 11.6 Å². The van der Waals surface area contributed by atoms with Crippen molar-refractivity contribution in [2.75, 3.05) is 31.1 Å². The third kappa shape index (κ3) is 2.47. The average Bonchev–Trinajstić information content (AvgIpc) is 2.51. The average molecular weight is 289 g/mol. The Bertz CT molecular complexity index is 595. The lowest BCUT2D eigenvalue weighted by atomic mass is 10.0. The molecule has 3 nitrogen and oxygen atoms in total. The lowest BCUT2D eigenvalue weighted by Gasteiger charge is -2.32. The van der Waals surface area contributed by atoms with Crippen molar-refractivity contribution in [3.63, 3.8) is 0 Å². The van der Waals surface area contributed by atoms with E-state index in [9.17, 15) is 5.11 Å². The Hall–Kier alpha value is -1.71. The van der Waals surface area contributed by atoms with Crippen LogP contribution in [0.25, 0.3) is 11.1 Å². The van der Waals surface area contributed by atoms with Crippen LogP contribution in [0.15, 0.2) is 42.5 Å². The second-order valence-electron chi connectivity index (χ2n) is 4.90. The van der Waals surface area contributed by atoms with Crippen LogP contribution in [-0.2, 0) is 0 Å². The first-order valence-electron chi connectivity index (χ1n) is 6.80. The van der Waals surface area contributed by atoms with E-state index in [1.54, 1.807) is 6.07 Å². The molecule has 0 atom stereocenters. The Balaban J connectivity index is 2.12. The summed E-state index contributed by atoms with van der Waals surface area (Å²) in [6.07, 6.45) is 0. The molecular weight excluding hydrogens is 272 g/mol. The van der Waals surface area contributed by atoms with Crippen molar-refractivity contribution in [2.45, 2.75) is 0 Å². The number of halogens is 1. The summed E-state index contributed by atoms with van der Waals surface area (Å²) in [5, 5.41) is 13.7. The second kappa shape index (κ2) is 5.73. The van der Waals surface area contributed by atoms with E-state index in [4.69, 9.17) is 11.6 Å². The molecule has 2 aromatic carbocycles. The number of hydrogen-bond donors (Lipinski definition) is 2. The Morgan fingerprint density at radius 1 is 1.00 bits per heavy atom. The quantitative estimate of drug-likeness (QED) is 0.891. The van der Waals surface area contributed by atoms with Crippen LogP contribution < -0.4 is 10.2 Å². The molecule has 0 aliphatic carbocycles. The normalized spacial score (nSPS) is 15.3. The Morgan fingerprint density at radius 2 is 1.70 bits per heavy atom. The summed E-state index contributed by atoms with van der Waals surface area (Å²) < 4.78 is 0. The van der Waals surface area contributed by atoms with Crippen molar-refractivity contribution in [3.05, 3.63) is 47.5 Å². The summed E-state index contributed by atoms with van der Waals surface area (Å²) in [6.45, 7) is 3.65. The van der Waals surface area contributed by atoms with E-state index in [-0.39, 0.29) is 5.75 Å². The lowest BCUT2D eigenvalue weighted by molar-refractivity contribution is 0.475. The van der Waals surface area contributed by atoms with Crippen molar-refractivity contribution in [3.8, 4) is 16.9 Å². The van der Waals surface area contributed by atoms with E-state index >= 15 is 0 Å². The number of rotatable bonds is 2. The molecule has 0 unspecified atom stereocenters. The van der Waals surface area contributed by atoms with Gasteiger partial charge in [-0.3, -0.25) is 0 Å². The molecule has 3 rings (SSSR count). The molecule has 0 aromatic heterocycles. The van der Waals surface area contributed by atoms with Crippen molar-refractivity contribution < 1.29 is 5.11 Å². The highest BCUT2D eigenvalue weighted by Gasteiger charge is 2.20. The largest absolute Gasteiger partial charge is 0.506 e. The van der Waals surface area contributed by atoms with Gasteiger partial charge in [0.25, 0.3) is 0 Å². The number of aromatic hydroxyl groups is 1. The van der Waals surface area contributed by atoms with E-state index in [0.29, 0.717) is 5.02 Å². The van der Waals surface area contributed by atoms with Gasteiger partial charge in [-0.2, -0.15) is 0 Å². The minimum Gasteiger partial charge on any atom is -0.506 e. The first-order valence-corrected chi connectivity index (χ1v) is 7.18. The molecular formula is C16H17ClN2O. The fourth-order valence-electron chi connectivity index (χ4n) is 2.60. The molecule has 20 heavy (non-hydrogen) atoms. The molecule has 0 amide bonds. The molecule has 1 saturated heterocycles. The number of phenolic OH excluding ortho intramolecular Hbond substituents is 1.